The van der Waals surface area contributed by atoms with Gasteiger partial charge in [0.15, 0.2) is 0 Å². The van der Waals surface area contributed by atoms with Gasteiger partial charge in [0.1, 0.15) is 11.6 Å². The van der Waals surface area contributed by atoms with Crippen molar-refractivity contribution in [3.8, 4) is 5.75 Å². The third-order valence-corrected chi connectivity index (χ3v) is 3.65. The lowest BCUT2D eigenvalue weighted by Gasteiger charge is -2.04. The van der Waals surface area contributed by atoms with Gasteiger partial charge in [0.2, 0.25) is 5.13 Å². The Balaban J connectivity index is 1.58. The highest BCUT2D eigenvalue weighted by atomic mass is 32.1. The van der Waals surface area contributed by atoms with Gasteiger partial charge in [0.25, 0.3) is 0 Å². The molecule has 120 valence electrons. The highest BCUT2D eigenvalue weighted by molar-refractivity contribution is 7.13. The Hall–Kier alpha value is -3.06. The van der Waals surface area contributed by atoms with E-state index in [1.165, 1.54) is 35.6 Å². The first-order valence-electron chi connectivity index (χ1n) is 6.97. The van der Waals surface area contributed by atoms with Crippen molar-refractivity contribution in [2.75, 3.05) is 5.43 Å². The van der Waals surface area contributed by atoms with Gasteiger partial charge in [-0.3, -0.25) is 5.43 Å². The largest absolute Gasteiger partial charge is 0.423 e. The molecule has 0 bridgehead atoms. The summed E-state index contributed by atoms with van der Waals surface area (Å²) in [5.41, 5.74) is 3.93. The van der Waals surface area contributed by atoms with Gasteiger partial charge in [0, 0.05) is 11.6 Å². The van der Waals surface area contributed by atoms with Gasteiger partial charge in [-0.15, -0.1) is 11.3 Å². The fourth-order valence-corrected chi connectivity index (χ4v) is 2.29. The number of nitrogens with one attached hydrogen (secondary N) is 1. The number of nitrogens with zero attached hydrogens (tertiary/aromatic N) is 2. The number of aromatic nitrogens is 1. The summed E-state index contributed by atoms with van der Waals surface area (Å²) in [6, 6.07) is 12.0. The lowest BCUT2D eigenvalue weighted by Crippen LogP contribution is -2.08. The van der Waals surface area contributed by atoms with Gasteiger partial charge >= 0.3 is 5.97 Å². The molecular formula is C17H12FN3O2S. The van der Waals surface area contributed by atoms with Crippen LogP contribution in [0.2, 0.25) is 0 Å². The third-order valence-electron chi connectivity index (χ3n) is 2.98. The molecule has 1 N–H and O–H groups in total. The van der Waals surface area contributed by atoms with Crippen LogP contribution >= 0.6 is 11.3 Å². The topological polar surface area (TPSA) is 63.6 Å². The molecule has 0 radical (unpaired) electrons. The van der Waals surface area contributed by atoms with Crippen molar-refractivity contribution < 1.29 is 13.9 Å². The zero-order chi connectivity index (χ0) is 16.8. The molecule has 0 unspecified atom stereocenters. The molecule has 0 amide bonds. The van der Waals surface area contributed by atoms with Crippen LogP contribution in [0.4, 0.5) is 9.52 Å². The summed E-state index contributed by atoms with van der Waals surface area (Å²) < 4.78 is 18.1. The van der Waals surface area contributed by atoms with Crippen LogP contribution in [0.25, 0.3) is 0 Å². The Morgan fingerprint density at radius 2 is 1.92 bits per heavy atom. The summed E-state index contributed by atoms with van der Waals surface area (Å²) in [5.74, 6) is -0.544. The van der Waals surface area contributed by atoms with Gasteiger partial charge in [-0.2, -0.15) is 5.10 Å². The number of rotatable bonds is 5. The standard InChI is InChI=1S/C17H12FN3O2S/c18-14-5-3-13(4-6-14)16(22)23-15-7-1-12(2-8-15)11-20-21-17-19-9-10-24-17/h1-11H,(H,19,21)/b20-11+. The fraction of sp³-hybridized carbons (Fsp3) is 0. The molecule has 1 aromatic heterocycles. The van der Waals surface area contributed by atoms with E-state index in [-0.39, 0.29) is 5.56 Å². The number of halogens is 1. The van der Waals surface area contributed by atoms with E-state index in [2.05, 4.69) is 15.5 Å². The Morgan fingerprint density at radius 1 is 1.17 bits per heavy atom. The summed E-state index contributed by atoms with van der Waals surface area (Å²) in [7, 11) is 0. The van der Waals surface area contributed by atoms with E-state index in [4.69, 9.17) is 4.74 Å². The van der Waals surface area contributed by atoms with Crippen molar-refractivity contribution in [1.82, 2.24) is 4.98 Å². The molecule has 0 saturated carbocycles. The molecule has 0 aliphatic rings. The van der Waals surface area contributed by atoms with Crippen LogP contribution in [0.5, 0.6) is 5.75 Å². The zero-order valence-electron chi connectivity index (χ0n) is 12.3. The Kier molecular flexibility index (Phi) is 4.93. The quantitative estimate of drug-likeness (QED) is 0.330. The van der Waals surface area contributed by atoms with E-state index in [0.717, 1.165) is 5.56 Å². The Morgan fingerprint density at radius 3 is 2.58 bits per heavy atom. The monoisotopic (exact) mass is 341 g/mol. The van der Waals surface area contributed by atoms with Gasteiger partial charge in [-0.05, 0) is 54.1 Å². The Bertz CT molecular complexity index is 831. The van der Waals surface area contributed by atoms with Crippen molar-refractivity contribution in [1.29, 1.82) is 0 Å². The predicted octanol–water partition coefficient (Wildman–Crippen LogP) is 3.95. The summed E-state index contributed by atoms with van der Waals surface area (Å²) in [5, 5.41) is 6.61. The van der Waals surface area contributed by atoms with Crippen LogP contribution < -0.4 is 10.2 Å². The molecular weight excluding hydrogens is 329 g/mol. The number of esters is 1. The average molecular weight is 341 g/mol. The highest BCUT2D eigenvalue weighted by Crippen LogP contribution is 2.14. The van der Waals surface area contributed by atoms with Gasteiger partial charge in [-0.1, -0.05) is 0 Å². The minimum Gasteiger partial charge on any atom is -0.423 e. The maximum atomic E-state index is 12.8. The summed E-state index contributed by atoms with van der Waals surface area (Å²) >= 11 is 1.45. The first kappa shape index (κ1) is 15.8. The maximum Gasteiger partial charge on any atom is 0.343 e. The van der Waals surface area contributed by atoms with Crippen molar-refractivity contribution in [2.24, 2.45) is 5.10 Å². The smallest absolute Gasteiger partial charge is 0.343 e. The molecule has 5 nitrogen and oxygen atoms in total. The normalized spacial score (nSPS) is 10.7. The molecule has 0 aliphatic heterocycles. The number of anilines is 1. The lowest BCUT2D eigenvalue weighted by atomic mass is 10.2. The van der Waals surface area contributed by atoms with Crippen LogP contribution in [0, 0.1) is 5.82 Å². The molecule has 0 spiro atoms. The van der Waals surface area contributed by atoms with Crippen molar-refractivity contribution in [3.63, 3.8) is 0 Å². The fourth-order valence-electron chi connectivity index (χ4n) is 1.81. The second-order valence-corrected chi connectivity index (χ2v) is 5.57. The van der Waals surface area contributed by atoms with E-state index in [9.17, 15) is 9.18 Å². The summed E-state index contributed by atoms with van der Waals surface area (Å²) in [6.45, 7) is 0. The number of benzene rings is 2. The highest BCUT2D eigenvalue weighted by Gasteiger charge is 2.08. The van der Waals surface area contributed by atoms with Gasteiger partial charge in [-0.25, -0.2) is 14.2 Å². The minimum absolute atomic E-state index is 0.287. The second kappa shape index (κ2) is 7.47. The van der Waals surface area contributed by atoms with Crippen LogP contribution in [0.15, 0.2) is 65.2 Å². The molecule has 0 fully saturated rings. The number of carbonyl (C=O) groups excluding carboxylic acids is 1. The molecule has 0 aliphatic carbocycles. The van der Waals surface area contributed by atoms with E-state index in [1.807, 2.05) is 5.38 Å². The van der Waals surface area contributed by atoms with E-state index in [0.29, 0.717) is 10.9 Å². The van der Waals surface area contributed by atoms with Crippen molar-refractivity contribution >= 4 is 28.7 Å². The molecule has 3 aromatic rings. The van der Waals surface area contributed by atoms with E-state index >= 15 is 0 Å². The number of carbonyl (C=O) groups is 1. The average Bonchev–Trinajstić information content (AvgIpc) is 3.10. The molecule has 24 heavy (non-hydrogen) atoms. The molecule has 7 heteroatoms. The van der Waals surface area contributed by atoms with Crippen LogP contribution in [-0.4, -0.2) is 17.2 Å². The SMILES string of the molecule is O=C(Oc1ccc(/C=N/Nc2nccs2)cc1)c1ccc(F)cc1. The third kappa shape index (κ3) is 4.23. The molecule has 1 heterocycles. The number of hydrogen-bond donors (Lipinski definition) is 1. The molecule has 0 atom stereocenters. The molecule has 0 saturated heterocycles. The van der Waals surface area contributed by atoms with Crippen molar-refractivity contribution in [2.45, 2.75) is 0 Å². The van der Waals surface area contributed by atoms with Crippen molar-refractivity contribution in [3.05, 3.63) is 77.1 Å². The maximum absolute atomic E-state index is 12.8. The minimum atomic E-state index is -0.540. The zero-order valence-corrected chi connectivity index (χ0v) is 13.2. The number of hydrazone groups is 1. The van der Waals surface area contributed by atoms with Crippen LogP contribution in [-0.2, 0) is 0 Å². The first-order chi connectivity index (χ1) is 11.7. The summed E-state index contributed by atoms with van der Waals surface area (Å²) in [6.07, 6.45) is 3.32. The summed E-state index contributed by atoms with van der Waals surface area (Å²) in [4.78, 5) is 16.0. The van der Waals surface area contributed by atoms with Crippen LogP contribution in [0.3, 0.4) is 0 Å². The molecule has 2 aromatic carbocycles. The van der Waals surface area contributed by atoms with Crippen LogP contribution in [0.1, 0.15) is 15.9 Å². The number of ether oxygens (including phenoxy) is 1. The predicted molar refractivity (Wildman–Crippen MR) is 91.1 cm³/mol. The van der Waals surface area contributed by atoms with Gasteiger partial charge in [0.05, 0.1) is 11.8 Å². The Labute approximate surface area is 141 Å². The van der Waals surface area contributed by atoms with Gasteiger partial charge < -0.3 is 4.74 Å². The number of hydrogen-bond acceptors (Lipinski definition) is 6. The molecule has 3 rings (SSSR count). The number of thiazole rings is 1. The van der Waals surface area contributed by atoms with E-state index in [1.54, 1.807) is 36.7 Å². The second-order valence-electron chi connectivity index (χ2n) is 4.67. The van der Waals surface area contributed by atoms with E-state index < -0.39 is 11.8 Å². The first-order valence-corrected chi connectivity index (χ1v) is 7.85. The lowest BCUT2D eigenvalue weighted by molar-refractivity contribution is 0.0734.